The number of rotatable bonds is 33. The number of carbonyl (C=O) groups is 1. The summed E-state index contributed by atoms with van der Waals surface area (Å²) in [5.74, 6) is -0.202. The van der Waals surface area contributed by atoms with Crippen molar-refractivity contribution >= 4 is 13.7 Å². The molecule has 0 rings (SSSR count). The standard InChI is InChI=1S/C36H73N2O6P/c1-6-8-10-12-14-16-17-18-19-20-22-23-25-27-29-35(39)34(33-44-45(41,42)43-32-31-38(3,4)5)37-36(40)30-28-26-24-21-15-13-11-9-7-2/h27,29,34-35,39H,6-26,28,30-33H2,1-5H3,(H-,37,40,41,42)/b29-27+/t34-,35+/m0/s1. The summed E-state index contributed by atoms with van der Waals surface area (Å²) in [7, 11) is 1.26. The van der Waals surface area contributed by atoms with Crippen molar-refractivity contribution in [3.63, 3.8) is 0 Å². The monoisotopic (exact) mass is 661 g/mol. The number of amides is 1. The van der Waals surface area contributed by atoms with Crippen LogP contribution >= 0.6 is 7.82 Å². The van der Waals surface area contributed by atoms with Gasteiger partial charge in [-0.3, -0.25) is 9.36 Å². The van der Waals surface area contributed by atoms with E-state index in [4.69, 9.17) is 9.05 Å². The number of hydrogen-bond donors (Lipinski definition) is 2. The Morgan fingerprint density at radius 3 is 1.67 bits per heavy atom. The molecule has 3 atom stereocenters. The highest BCUT2D eigenvalue weighted by atomic mass is 31.2. The summed E-state index contributed by atoms with van der Waals surface area (Å²) >= 11 is 0. The smallest absolute Gasteiger partial charge is 0.268 e. The van der Waals surface area contributed by atoms with Gasteiger partial charge < -0.3 is 28.8 Å². The van der Waals surface area contributed by atoms with Crippen LogP contribution in [0, 0.1) is 0 Å². The first-order valence-corrected chi connectivity index (χ1v) is 20.0. The molecule has 9 heteroatoms. The molecule has 0 aromatic rings. The number of hydrogen-bond acceptors (Lipinski definition) is 6. The summed E-state index contributed by atoms with van der Waals surface area (Å²) in [6.07, 6.45) is 29.6. The maximum atomic E-state index is 12.7. The van der Waals surface area contributed by atoms with E-state index in [1.807, 2.05) is 27.2 Å². The van der Waals surface area contributed by atoms with Crippen LogP contribution in [-0.2, 0) is 18.4 Å². The molecule has 0 radical (unpaired) electrons. The molecule has 0 bridgehead atoms. The van der Waals surface area contributed by atoms with Gasteiger partial charge in [-0.15, -0.1) is 0 Å². The molecule has 0 saturated carbocycles. The number of aliphatic hydroxyl groups excluding tert-OH is 1. The minimum Gasteiger partial charge on any atom is -0.756 e. The molecule has 0 aliphatic rings. The lowest BCUT2D eigenvalue weighted by molar-refractivity contribution is -0.870. The second-order valence-corrected chi connectivity index (χ2v) is 15.3. The molecule has 45 heavy (non-hydrogen) atoms. The maximum absolute atomic E-state index is 12.7. The summed E-state index contributed by atoms with van der Waals surface area (Å²) in [4.78, 5) is 25.0. The number of phosphoric acid groups is 1. The Morgan fingerprint density at radius 1 is 0.756 bits per heavy atom. The van der Waals surface area contributed by atoms with Gasteiger partial charge >= 0.3 is 0 Å². The van der Waals surface area contributed by atoms with Gasteiger partial charge in [0.2, 0.25) is 5.91 Å². The molecular formula is C36H73N2O6P. The number of likely N-dealkylation sites (N-methyl/N-ethyl adjacent to an activating group) is 1. The molecule has 2 N–H and O–H groups in total. The number of quaternary nitrogens is 1. The number of phosphoric ester groups is 1. The van der Waals surface area contributed by atoms with Gasteiger partial charge in [-0.2, -0.15) is 0 Å². The van der Waals surface area contributed by atoms with Crippen molar-refractivity contribution in [2.45, 2.75) is 174 Å². The van der Waals surface area contributed by atoms with Crippen LogP contribution in [0.5, 0.6) is 0 Å². The van der Waals surface area contributed by atoms with Crippen LogP contribution in [-0.4, -0.2) is 68.5 Å². The second kappa shape index (κ2) is 29.4. The van der Waals surface area contributed by atoms with Gasteiger partial charge in [-0.25, -0.2) is 0 Å². The Bertz CT molecular complexity index is 758. The third-order valence-corrected chi connectivity index (χ3v) is 9.21. The lowest BCUT2D eigenvalue weighted by Gasteiger charge is -2.29. The van der Waals surface area contributed by atoms with Gasteiger partial charge in [0.15, 0.2) is 0 Å². The van der Waals surface area contributed by atoms with Gasteiger partial charge in [0.1, 0.15) is 13.2 Å². The predicted molar refractivity (Wildman–Crippen MR) is 187 cm³/mol. The second-order valence-electron chi connectivity index (χ2n) is 13.9. The zero-order valence-electron chi connectivity index (χ0n) is 30.1. The Morgan fingerprint density at radius 2 is 1.20 bits per heavy atom. The molecule has 1 amide bonds. The van der Waals surface area contributed by atoms with Crippen molar-refractivity contribution in [1.82, 2.24) is 5.32 Å². The van der Waals surface area contributed by atoms with Gasteiger partial charge in [0, 0.05) is 6.42 Å². The third kappa shape index (κ3) is 31.6. The average Bonchev–Trinajstić information content (AvgIpc) is 2.97. The quantitative estimate of drug-likeness (QED) is 0.0316. The largest absolute Gasteiger partial charge is 0.756 e. The Labute approximate surface area is 278 Å². The van der Waals surface area contributed by atoms with E-state index in [0.29, 0.717) is 17.4 Å². The molecule has 0 heterocycles. The topological polar surface area (TPSA) is 108 Å². The van der Waals surface area contributed by atoms with Crippen molar-refractivity contribution < 1.29 is 32.9 Å². The molecule has 0 aromatic carbocycles. The van der Waals surface area contributed by atoms with Gasteiger partial charge in [-0.1, -0.05) is 148 Å². The third-order valence-electron chi connectivity index (χ3n) is 8.25. The molecule has 268 valence electrons. The number of aliphatic hydroxyl groups is 1. The first-order valence-electron chi connectivity index (χ1n) is 18.6. The van der Waals surface area contributed by atoms with Crippen LogP contribution in [0.25, 0.3) is 0 Å². The highest BCUT2D eigenvalue weighted by Crippen LogP contribution is 2.38. The summed E-state index contributed by atoms with van der Waals surface area (Å²) in [6.45, 7) is 4.60. The van der Waals surface area contributed by atoms with Crippen molar-refractivity contribution in [2.24, 2.45) is 0 Å². The zero-order chi connectivity index (χ0) is 33.7. The van der Waals surface area contributed by atoms with Crippen molar-refractivity contribution in [1.29, 1.82) is 0 Å². The van der Waals surface area contributed by atoms with E-state index in [0.717, 1.165) is 38.5 Å². The first-order chi connectivity index (χ1) is 21.5. The van der Waals surface area contributed by atoms with E-state index in [-0.39, 0.29) is 19.1 Å². The predicted octanol–water partition coefficient (Wildman–Crippen LogP) is 8.61. The van der Waals surface area contributed by atoms with E-state index in [2.05, 4.69) is 19.2 Å². The summed E-state index contributed by atoms with van der Waals surface area (Å²) in [5, 5.41) is 13.7. The fraction of sp³-hybridized carbons (Fsp3) is 0.917. The number of nitrogens with zero attached hydrogens (tertiary/aromatic N) is 1. The fourth-order valence-corrected chi connectivity index (χ4v) is 5.93. The highest BCUT2D eigenvalue weighted by molar-refractivity contribution is 7.45. The van der Waals surface area contributed by atoms with Crippen LogP contribution in [0.15, 0.2) is 12.2 Å². The van der Waals surface area contributed by atoms with Crippen molar-refractivity contribution in [3.05, 3.63) is 12.2 Å². The Balaban J connectivity index is 4.54. The minimum absolute atomic E-state index is 0.00140. The van der Waals surface area contributed by atoms with Crippen LogP contribution in [0.3, 0.4) is 0 Å². The van der Waals surface area contributed by atoms with Crippen LogP contribution in [0.1, 0.15) is 162 Å². The first kappa shape index (κ1) is 44.2. The summed E-state index contributed by atoms with van der Waals surface area (Å²) < 4.78 is 23.0. The highest BCUT2D eigenvalue weighted by Gasteiger charge is 2.23. The summed E-state index contributed by atoms with van der Waals surface area (Å²) in [6, 6.07) is -0.876. The van der Waals surface area contributed by atoms with Crippen molar-refractivity contribution in [2.75, 3.05) is 40.9 Å². The Hall–Kier alpha value is -0.760. The SMILES string of the molecule is CCCCCCCCCCCCCC/C=C/[C@@H](O)[C@H](COP(=O)([O-])OCC[N+](C)(C)C)NC(=O)CCCCCCCCCCC. The van der Waals surface area contributed by atoms with E-state index in [1.165, 1.54) is 103 Å². The molecular weight excluding hydrogens is 587 g/mol. The van der Waals surface area contributed by atoms with Gasteiger partial charge in [-0.05, 0) is 19.3 Å². The maximum Gasteiger partial charge on any atom is 0.268 e. The number of nitrogens with one attached hydrogen (secondary N) is 1. The zero-order valence-corrected chi connectivity index (χ0v) is 31.0. The van der Waals surface area contributed by atoms with Gasteiger partial charge in [0.25, 0.3) is 7.82 Å². The van der Waals surface area contributed by atoms with E-state index in [1.54, 1.807) is 6.08 Å². The molecule has 0 saturated heterocycles. The van der Waals surface area contributed by atoms with Crippen molar-refractivity contribution in [3.8, 4) is 0 Å². The van der Waals surface area contributed by atoms with Crippen LogP contribution < -0.4 is 10.2 Å². The van der Waals surface area contributed by atoms with E-state index >= 15 is 0 Å². The van der Waals surface area contributed by atoms with Gasteiger partial charge in [0.05, 0.1) is 39.9 Å². The molecule has 0 fully saturated rings. The lowest BCUT2D eigenvalue weighted by Crippen LogP contribution is -2.45. The lowest BCUT2D eigenvalue weighted by atomic mass is 10.0. The molecule has 0 aliphatic carbocycles. The average molecular weight is 661 g/mol. The summed E-state index contributed by atoms with van der Waals surface area (Å²) in [5.41, 5.74) is 0. The molecule has 1 unspecified atom stereocenters. The molecule has 8 nitrogen and oxygen atoms in total. The molecule has 0 spiro atoms. The van der Waals surface area contributed by atoms with E-state index in [9.17, 15) is 19.4 Å². The Kier molecular flexibility index (Phi) is 28.9. The minimum atomic E-state index is -4.57. The number of unbranched alkanes of at least 4 members (excludes halogenated alkanes) is 20. The number of allylic oxidation sites excluding steroid dienone is 1. The molecule has 0 aliphatic heterocycles. The van der Waals surface area contributed by atoms with Crippen LogP contribution in [0.4, 0.5) is 0 Å². The molecule has 0 aromatic heterocycles. The van der Waals surface area contributed by atoms with Crippen LogP contribution in [0.2, 0.25) is 0 Å². The fourth-order valence-electron chi connectivity index (χ4n) is 5.21. The normalized spacial score (nSPS) is 14.9. The number of carbonyl (C=O) groups excluding carboxylic acids is 1. The van der Waals surface area contributed by atoms with E-state index < -0.39 is 20.0 Å².